The number of nitrogens with one attached hydrogen (secondary N) is 1. The Balaban J connectivity index is 1.80. The van der Waals surface area contributed by atoms with Crippen LogP contribution in [0.4, 0.5) is 19.1 Å². The van der Waals surface area contributed by atoms with Crippen LogP contribution in [0.3, 0.4) is 0 Å². The van der Waals surface area contributed by atoms with Crippen LogP contribution in [-0.2, 0) is 6.18 Å². The SMILES string of the molecule is COc1ccc(-c2nnc(NC3CC(O)C3)n3cncc23)c(C(F)(F)F)c1. The van der Waals surface area contributed by atoms with Gasteiger partial charge in [0.1, 0.15) is 17.8 Å². The van der Waals surface area contributed by atoms with Gasteiger partial charge in [0.2, 0.25) is 5.95 Å². The third kappa shape index (κ3) is 3.16. The number of nitrogens with zero attached hydrogens (tertiary/aromatic N) is 4. The van der Waals surface area contributed by atoms with Crippen molar-refractivity contribution in [2.24, 2.45) is 0 Å². The fourth-order valence-electron chi connectivity index (χ4n) is 3.11. The zero-order valence-electron chi connectivity index (χ0n) is 14.2. The van der Waals surface area contributed by atoms with Crippen molar-refractivity contribution in [3.05, 3.63) is 36.3 Å². The first-order chi connectivity index (χ1) is 12.9. The quantitative estimate of drug-likeness (QED) is 0.725. The molecule has 4 rings (SSSR count). The van der Waals surface area contributed by atoms with Crippen LogP contribution < -0.4 is 10.1 Å². The van der Waals surface area contributed by atoms with Gasteiger partial charge in [-0.15, -0.1) is 10.2 Å². The van der Waals surface area contributed by atoms with Crippen LogP contribution in [0.5, 0.6) is 5.75 Å². The molecule has 1 saturated carbocycles. The van der Waals surface area contributed by atoms with E-state index in [-0.39, 0.29) is 29.2 Å². The Morgan fingerprint density at radius 2 is 2.04 bits per heavy atom. The molecule has 1 aliphatic rings. The minimum Gasteiger partial charge on any atom is -0.497 e. The largest absolute Gasteiger partial charge is 0.497 e. The van der Waals surface area contributed by atoms with Crippen LogP contribution in [0, 0.1) is 0 Å². The van der Waals surface area contributed by atoms with E-state index in [0.29, 0.717) is 24.3 Å². The van der Waals surface area contributed by atoms with Gasteiger partial charge in [0.15, 0.2) is 0 Å². The number of benzene rings is 1. The van der Waals surface area contributed by atoms with E-state index in [9.17, 15) is 18.3 Å². The van der Waals surface area contributed by atoms with Crippen LogP contribution in [0.2, 0.25) is 0 Å². The summed E-state index contributed by atoms with van der Waals surface area (Å²) in [6.07, 6.45) is -0.868. The number of imidazole rings is 1. The molecule has 0 bridgehead atoms. The molecular formula is C17H16F3N5O2. The first kappa shape index (κ1) is 17.5. The van der Waals surface area contributed by atoms with Crippen molar-refractivity contribution in [1.82, 2.24) is 19.6 Å². The predicted molar refractivity (Wildman–Crippen MR) is 90.4 cm³/mol. The first-order valence-corrected chi connectivity index (χ1v) is 8.25. The normalized spacial score (nSPS) is 19.7. The summed E-state index contributed by atoms with van der Waals surface area (Å²) in [6.45, 7) is 0. The molecule has 1 aromatic carbocycles. The van der Waals surface area contributed by atoms with Gasteiger partial charge in [0.05, 0.1) is 30.5 Å². The second kappa shape index (κ2) is 6.38. The van der Waals surface area contributed by atoms with Crippen LogP contribution >= 0.6 is 0 Å². The number of fused-ring (bicyclic) bond motifs is 1. The summed E-state index contributed by atoms with van der Waals surface area (Å²) in [5.74, 6) is 0.468. The highest BCUT2D eigenvalue weighted by Crippen LogP contribution is 2.39. The minimum absolute atomic E-state index is 0.0393. The van der Waals surface area contributed by atoms with Crippen molar-refractivity contribution in [3.63, 3.8) is 0 Å². The molecule has 2 N–H and O–H groups in total. The molecule has 0 amide bonds. The molecular weight excluding hydrogens is 363 g/mol. The number of aliphatic hydroxyl groups is 1. The highest BCUT2D eigenvalue weighted by molar-refractivity contribution is 5.79. The summed E-state index contributed by atoms with van der Waals surface area (Å²) in [5, 5.41) is 20.6. The van der Waals surface area contributed by atoms with Gasteiger partial charge >= 0.3 is 6.18 Å². The molecule has 0 aliphatic heterocycles. The monoisotopic (exact) mass is 379 g/mol. The van der Waals surface area contributed by atoms with Crippen molar-refractivity contribution in [1.29, 1.82) is 0 Å². The zero-order valence-corrected chi connectivity index (χ0v) is 14.2. The third-order valence-electron chi connectivity index (χ3n) is 4.59. The molecule has 142 valence electrons. The van der Waals surface area contributed by atoms with Crippen molar-refractivity contribution >= 4 is 11.5 Å². The van der Waals surface area contributed by atoms with Gasteiger partial charge in [-0.3, -0.25) is 4.40 Å². The molecule has 7 nitrogen and oxygen atoms in total. The van der Waals surface area contributed by atoms with E-state index in [2.05, 4.69) is 20.5 Å². The number of anilines is 1. The van der Waals surface area contributed by atoms with Crippen LogP contribution in [0.25, 0.3) is 16.8 Å². The Bertz CT molecular complexity index is 982. The fourth-order valence-corrected chi connectivity index (χ4v) is 3.11. The molecule has 1 aliphatic carbocycles. The standard InChI is InChI=1S/C17H16F3N5O2/c1-27-11-2-3-12(13(6-11)17(18,19)20)15-14-7-21-8-25(14)16(24-23-15)22-9-4-10(26)5-9/h2-3,6-10,26H,4-5H2,1H3,(H,22,24). The van der Waals surface area contributed by atoms with Gasteiger partial charge in [0, 0.05) is 11.6 Å². The van der Waals surface area contributed by atoms with Crippen molar-refractivity contribution < 1.29 is 23.0 Å². The maximum Gasteiger partial charge on any atom is 0.417 e. The van der Waals surface area contributed by atoms with Crippen LogP contribution in [0.1, 0.15) is 18.4 Å². The molecule has 3 aromatic rings. The lowest BCUT2D eigenvalue weighted by Crippen LogP contribution is -2.39. The van der Waals surface area contributed by atoms with Crippen molar-refractivity contribution in [2.75, 3.05) is 12.4 Å². The Labute approximate surface area is 151 Å². The van der Waals surface area contributed by atoms with E-state index in [1.165, 1.54) is 31.8 Å². The summed E-state index contributed by atoms with van der Waals surface area (Å²) in [7, 11) is 1.31. The smallest absolute Gasteiger partial charge is 0.417 e. The second-order valence-electron chi connectivity index (χ2n) is 6.40. The predicted octanol–water partition coefficient (Wildman–Crippen LogP) is 2.75. The van der Waals surface area contributed by atoms with Gasteiger partial charge < -0.3 is 15.2 Å². The summed E-state index contributed by atoms with van der Waals surface area (Å²) in [6, 6.07) is 3.73. The van der Waals surface area contributed by atoms with Crippen LogP contribution in [-0.4, -0.2) is 43.9 Å². The van der Waals surface area contributed by atoms with E-state index in [0.717, 1.165) is 6.07 Å². The number of aromatic nitrogens is 4. The van der Waals surface area contributed by atoms with Gasteiger partial charge in [-0.05, 0) is 31.0 Å². The lowest BCUT2D eigenvalue weighted by atomic mass is 9.90. The highest BCUT2D eigenvalue weighted by atomic mass is 19.4. The minimum atomic E-state index is -4.58. The molecule has 0 radical (unpaired) electrons. The highest BCUT2D eigenvalue weighted by Gasteiger charge is 2.35. The molecule has 2 heterocycles. The molecule has 0 atom stereocenters. The van der Waals surface area contributed by atoms with E-state index in [1.807, 2.05) is 0 Å². The number of halogens is 3. The lowest BCUT2D eigenvalue weighted by Gasteiger charge is -2.32. The summed E-state index contributed by atoms with van der Waals surface area (Å²) in [4.78, 5) is 4.03. The maximum atomic E-state index is 13.6. The topological polar surface area (TPSA) is 84.6 Å². The number of hydrogen-bond donors (Lipinski definition) is 2. The molecule has 0 unspecified atom stereocenters. The molecule has 2 aromatic heterocycles. The summed E-state index contributed by atoms with van der Waals surface area (Å²) >= 11 is 0. The zero-order chi connectivity index (χ0) is 19.2. The lowest BCUT2D eigenvalue weighted by molar-refractivity contribution is -0.137. The number of alkyl halides is 3. The Morgan fingerprint density at radius 1 is 1.26 bits per heavy atom. The third-order valence-corrected chi connectivity index (χ3v) is 4.59. The second-order valence-corrected chi connectivity index (χ2v) is 6.40. The molecule has 0 spiro atoms. The van der Waals surface area contributed by atoms with Gasteiger partial charge in [-0.1, -0.05) is 0 Å². The summed E-state index contributed by atoms with van der Waals surface area (Å²) < 4.78 is 47.1. The number of hydrogen-bond acceptors (Lipinski definition) is 6. The van der Waals surface area contributed by atoms with E-state index in [4.69, 9.17) is 4.74 Å². The van der Waals surface area contributed by atoms with E-state index in [1.54, 1.807) is 4.40 Å². The van der Waals surface area contributed by atoms with Crippen molar-refractivity contribution in [2.45, 2.75) is 31.2 Å². The Hall–Kier alpha value is -2.88. The van der Waals surface area contributed by atoms with E-state index >= 15 is 0 Å². The molecule has 1 fully saturated rings. The molecule has 0 saturated heterocycles. The summed E-state index contributed by atoms with van der Waals surface area (Å²) in [5.41, 5.74) is -0.501. The Kier molecular flexibility index (Phi) is 4.14. The maximum absolute atomic E-state index is 13.6. The van der Waals surface area contributed by atoms with Gasteiger partial charge in [0.25, 0.3) is 0 Å². The first-order valence-electron chi connectivity index (χ1n) is 8.25. The average Bonchev–Trinajstić information content (AvgIpc) is 3.09. The van der Waals surface area contributed by atoms with Crippen molar-refractivity contribution in [3.8, 4) is 17.0 Å². The van der Waals surface area contributed by atoms with Crippen LogP contribution in [0.15, 0.2) is 30.7 Å². The number of methoxy groups -OCH3 is 1. The molecule has 27 heavy (non-hydrogen) atoms. The number of aliphatic hydroxyl groups excluding tert-OH is 1. The van der Waals surface area contributed by atoms with Gasteiger partial charge in [-0.2, -0.15) is 13.2 Å². The number of rotatable bonds is 4. The van der Waals surface area contributed by atoms with Gasteiger partial charge in [-0.25, -0.2) is 4.98 Å². The Morgan fingerprint density at radius 3 is 2.70 bits per heavy atom. The average molecular weight is 379 g/mol. The fraction of sp³-hybridized carbons (Fsp3) is 0.353. The molecule has 10 heteroatoms. The number of ether oxygens (including phenoxy) is 1. The van der Waals surface area contributed by atoms with E-state index < -0.39 is 11.7 Å².